The van der Waals surface area contributed by atoms with E-state index in [4.69, 9.17) is 4.74 Å². The lowest BCUT2D eigenvalue weighted by atomic mass is 10.1. The monoisotopic (exact) mass is 245 g/mol. The largest absolute Gasteiger partial charge is 0.427 e. The summed E-state index contributed by atoms with van der Waals surface area (Å²) in [5.74, 6) is 0.489. The van der Waals surface area contributed by atoms with E-state index >= 15 is 0 Å². The van der Waals surface area contributed by atoms with Gasteiger partial charge in [-0.2, -0.15) is 0 Å². The van der Waals surface area contributed by atoms with Crippen LogP contribution in [-0.4, -0.2) is 11.0 Å². The molecule has 2 rings (SSSR count). The number of aromatic amines is 1. The van der Waals surface area contributed by atoms with Crippen LogP contribution in [0.1, 0.15) is 39.0 Å². The average molecular weight is 245 g/mol. The standard InChI is InChI=1S/C15H19NO2/c1-2-3-4-5-6-15(17)18-13-7-8-14-12(11-13)9-10-16-14/h7-11,16H,2-6H2,1H3. The van der Waals surface area contributed by atoms with Crippen LogP contribution in [-0.2, 0) is 4.79 Å². The van der Waals surface area contributed by atoms with E-state index < -0.39 is 0 Å². The summed E-state index contributed by atoms with van der Waals surface area (Å²) in [6, 6.07) is 7.60. The van der Waals surface area contributed by atoms with Crippen LogP contribution in [0.15, 0.2) is 30.5 Å². The number of rotatable bonds is 6. The Hall–Kier alpha value is -1.77. The van der Waals surface area contributed by atoms with Crippen molar-refractivity contribution in [3.8, 4) is 5.75 Å². The predicted molar refractivity (Wildman–Crippen MR) is 72.7 cm³/mol. The Kier molecular flexibility index (Phi) is 4.40. The number of unbranched alkanes of at least 4 members (excludes halogenated alkanes) is 3. The van der Waals surface area contributed by atoms with Crippen LogP contribution >= 0.6 is 0 Å². The summed E-state index contributed by atoms with van der Waals surface area (Å²) in [5.41, 5.74) is 1.05. The van der Waals surface area contributed by atoms with Crippen LogP contribution in [0.25, 0.3) is 10.9 Å². The van der Waals surface area contributed by atoms with Gasteiger partial charge in [0.25, 0.3) is 0 Å². The second-order valence-corrected chi connectivity index (χ2v) is 4.51. The summed E-state index contributed by atoms with van der Waals surface area (Å²) in [7, 11) is 0. The molecule has 0 saturated heterocycles. The van der Waals surface area contributed by atoms with E-state index in [0.29, 0.717) is 12.2 Å². The lowest BCUT2D eigenvalue weighted by Gasteiger charge is -2.04. The summed E-state index contributed by atoms with van der Waals surface area (Å²) in [5, 5.41) is 1.06. The first kappa shape index (κ1) is 12.7. The van der Waals surface area contributed by atoms with Crippen molar-refractivity contribution in [1.82, 2.24) is 4.98 Å². The van der Waals surface area contributed by atoms with Crippen molar-refractivity contribution in [2.45, 2.75) is 39.0 Å². The van der Waals surface area contributed by atoms with Crippen LogP contribution in [0.5, 0.6) is 5.75 Å². The number of hydrogen-bond donors (Lipinski definition) is 1. The van der Waals surface area contributed by atoms with Gasteiger partial charge in [-0.25, -0.2) is 0 Å². The van der Waals surface area contributed by atoms with Crippen LogP contribution < -0.4 is 4.74 Å². The zero-order valence-electron chi connectivity index (χ0n) is 10.7. The van der Waals surface area contributed by atoms with E-state index in [9.17, 15) is 4.79 Å². The van der Waals surface area contributed by atoms with Crippen molar-refractivity contribution < 1.29 is 9.53 Å². The molecule has 0 amide bonds. The predicted octanol–water partition coefficient (Wildman–Crippen LogP) is 4.04. The van der Waals surface area contributed by atoms with Gasteiger partial charge in [0.15, 0.2) is 0 Å². The molecule has 0 aliphatic rings. The number of H-pyrrole nitrogens is 1. The van der Waals surface area contributed by atoms with Crippen molar-refractivity contribution in [3.05, 3.63) is 30.5 Å². The van der Waals surface area contributed by atoms with Gasteiger partial charge < -0.3 is 9.72 Å². The maximum Gasteiger partial charge on any atom is 0.311 e. The van der Waals surface area contributed by atoms with Gasteiger partial charge in [0.05, 0.1) is 0 Å². The molecule has 96 valence electrons. The Morgan fingerprint density at radius 2 is 2.11 bits per heavy atom. The molecule has 1 heterocycles. The molecule has 0 aliphatic heterocycles. The molecule has 2 aromatic rings. The first-order chi connectivity index (χ1) is 8.79. The van der Waals surface area contributed by atoms with Gasteiger partial charge in [-0.15, -0.1) is 0 Å². The van der Waals surface area contributed by atoms with Gasteiger partial charge in [-0.05, 0) is 30.7 Å². The Balaban J connectivity index is 1.86. The highest BCUT2D eigenvalue weighted by Gasteiger charge is 2.05. The van der Waals surface area contributed by atoms with Crippen molar-refractivity contribution >= 4 is 16.9 Å². The van der Waals surface area contributed by atoms with Crippen LogP contribution in [0.4, 0.5) is 0 Å². The molecule has 1 aromatic carbocycles. The molecule has 0 aliphatic carbocycles. The molecular weight excluding hydrogens is 226 g/mol. The summed E-state index contributed by atoms with van der Waals surface area (Å²) in [6.45, 7) is 2.16. The molecule has 0 spiro atoms. The molecular formula is C15H19NO2. The second kappa shape index (κ2) is 6.24. The van der Waals surface area contributed by atoms with E-state index in [0.717, 1.165) is 23.7 Å². The topological polar surface area (TPSA) is 42.1 Å². The Labute approximate surface area is 107 Å². The van der Waals surface area contributed by atoms with Gasteiger partial charge in [0.2, 0.25) is 0 Å². The molecule has 0 radical (unpaired) electrons. The molecule has 0 fully saturated rings. The number of fused-ring (bicyclic) bond motifs is 1. The Morgan fingerprint density at radius 1 is 1.22 bits per heavy atom. The minimum Gasteiger partial charge on any atom is -0.427 e. The van der Waals surface area contributed by atoms with Crippen LogP contribution in [0.2, 0.25) is 0 Å². The van der Waals surface area contributed by atoms with E-state index in [2.05, 4.69) is 11.9 Å². The first-order valence-corrected chi connectivity index (χ1v) is 6.57. The fourth-order valence-electron chi connectivity index (χ4n) is 1.97. The SMILES string of the molecule is CCCCCCC(=O)Oc1ccc2[nH]ccc2c1. The number of carbonyl (C=O) groups excluding carboxylic acids is 1. The van der Waals surface area contributed by atoms with Gasteiger partial charge in [0.1, 0.15) is 5.75 Å². The summed E-state index contributed by atoms with van der Waals surface area (Å²) >= 11 is 0. The van der Waals surface area contributed by atoms with E-state index in [1.807, 2.05) is 30.5 Å². The Morgan fingerprint density at radius 3 is 2.94 bits per heavy atom. The highest BCUT2D eigenvalue weighted by molar-refractivity contribution is 5.82. The third-order valence-electron chi connectivity index (χ3n) is 2.99. The van der Waals surface area contributed by atoms with Gasteiger partial charge >= 0.3 is 5.97 Å². The number of esters is 1. The number of nitrogens with one attached hydrogen (secondary N) is 1. The minimum atomic E-state index is -0.138. The second-order valence-electron chi connectivity index (χ2n) is 4.51. The maximum absolute atomic E-state index is 11.6. The fraction of sp³-hybridized carbons (Fsp3) is 0.400. The van der Waals surface area contributed by atoms with E-state index in [1.54, 1.807) is 0 Å². The average Bonchev–Trinajstić information content (AvgIpc) is 2.82. The minimum absolute atomic E-state index is 0.138. The van der Waals surface area contributed by atoms with Crippen molar-refractivity contribution in [3.63, 3.8) is 0 Å². The first-order valence-electron chi connectivity index (χ1n) is 6.57. The molecule has 3 heteroatoms. The quantitative estimate of drug-likeness (QED) is 0.474. The fourth-order valence-corrected chi connectivity index (χ4v) is 1.97. The van der Waals surface area contributed by atoms with E-state index in [1.165, 1.54) is 12.8 Å². The van der Waals surface area contributed by atoms with Gasteiger partial charge in [-0.1, -0.05) is 26.2 Å². The molecule has 3 nitrogen and oxygen atoms in total. The number of carbonyl (C=O) groups is 1. The molecule has 0 unspecified atom stereocenters. The zero-order valence-corrected chi connectivity index (χ0v) is 10.7. The normalized spacial score (nSPS) is 10.7. The third kappa shape index (κ3) is 3.36. The van der Waals surface area contributed by atoms with Crippen molar-refractivity contribution in [2.75, 3.05) is 0 Å². The highest BCUT2D eigenvalue weighted by atomic mass is 16.5. The lowest BCUT2D eigenvalue weighted by Crippen LogP contribution is -2.07. The number of benzene rings is 1. The molecule has 0 bridgehead atoms. The number of hydrogen-bond acceptors (Lipinski definition) is 2. The van der Waals surface area contributed by atoms with Crippen molar-refractivity contribution in [1.29, 1.82) is 0 Å². The van der Waals surface area contributed by atoms with Crippen LogP contribution in [0, 0.1) is 0 Å². The smallest absolute Gasteiger partial charge is 0.311 e. The lowest BCUT2D eigenvalue weighted by molar-refractivity contribution is -0.134. The highest BCUT2D eigenvalue weighted by Crippen LogP contribution is 2.20. The zero-order chi connectivity index (χ0) is 12.8. The molecule has 1 N–H and O–H groups in total. The number of aromatic nitrogens is 1. The van der Waals surface area contributed by atoms with E-state index in [-0.39, 0.29) is 5.97 Å². The molecule has 1 aromatic heterocycles. The van der Waals surface area contributed by atoms with Gasteiger partial charge in [-0.3, -0.25) is 4.79 Å². The summed E-state index contributed by atoms with van der Waals surface area (Å²) < 4.78 is 5.32. The van der Waals surface area contributed by atoms with Crippen LogP contribution in [0.3, 0.4) is 0 Å². The maximum atomic E-state index is 11.6. The Bertz CT molecular complexity index is 516. The molecule has 0 atom stereocenters. The van der Waals surface area contributed by atoms with Crippen molar-refractivity contribution in [2.24, 2.45) is 0 Å². The molecule has 18 heavy (non-hydrogen) atoms. The number of ether oxygens (including phenoxy) is 1. The summed E-state index contributed by atoms with van der Waals surface area (Å²) in [6.07, 6.45) is 6.76. The summed E-state index contributed by atoms with van der Waals surface area (Å²) in [4.78, 5) is 14.7. The molecule has 0 saturated carbocycles. The third-order valence-corrected chi connectivity index (χ3v) is 2.99. The van der Waals surface area contributed by atoms with Gasteiger partial charge in [0, 0.05) is 23.5 Å².